The summed E-state index contributed by atoms with van der Waals surface area (Å²) in [5.41, 5.74) is 8.05. The Hall–Kier alpha value is -0.325. The fraction of sp³-hybridized carbons (Fsp3) is 0.500. The van der Waals surface area contributed by atoms with Crippen molar-refractivity contribution in [3.05, 3.63) is 26.6 Å². The minimum absolute atomic E-state index is 0.468. The van der Waals surface area contributed by atoms with Crippen molar-refractivity contribution in [3.63, 3.8) is 0 Å². The number of rotatable bonds is 4. The normalized spacial score (nSPS) is 23.1. The Labute approximate surface area is 137 Å². The van der Waals surface area contributed by atoms with Crippen molar-refractivity contribution >= 4 is 51.7 Å². The van der Waals surface area contributed by atoms with Crippen molar-refractivity contribution in [2.45, 2.75) is 44.0 Å². The van der Waals surface area contributed by atoms with Crippen LogP contribution >= 0.6 is 31.9 Å². The Morgan fingerprint density at radius 3 is 2.75 bits per heavy atom. The lowest BCUT2D eigenvalue weighted by Gasteiger charge is -2.20. The first-order chi connectivity index (χ1) is 9.60. The second-order valence-corrected chi connectivity index (χ2v) is 7.32. The maximum Gasteiger partial charge on any atom is 0.152 e. The molecule has 1 aromatic rings. The number of halogens is 2. The predicted octanol–water partition coefficient (Wildman–Crippen LogP) is 3.69. The van der Waals surface area contributed by atoms with Gasteiger partial charge in [-0.1, -0.05) is 41.0 Å². The molecule has 0 saturated heterocycles. The van der Waals surface area contributed by atoms with Crippen molar-refractivity contribution in [2.24, 2.45) is 0 Å². The molecule has 0 heterocycles. The van der Waals surface area contributed by atoms with Gasteiger partial charge in [0.05, 0.1) is 5.69 Å². The van der Waals surface area contributed by atoms with E-state index in [0.29, 0.717) is 11.6 Å². The molecule has 3 nitrogen and oxygen atoms in total. The highest BCUT2D eigenvalue weighted by Crippen LogP contribution is 2.30. The molecule has 6 heteroatoms. The quantitative estimate of drug-likeness (QED) is 0.350. The molecule has 2 rings (SSSR count). The van der Waals surface area contributed by atoms with Gasteiger partial charge in [-0.05, 0) is 40.9 Å². The van der Waals surface area contributed by atoms with Gasteiger partial charge in [0, 0.05) is 20.6 Å². The topological polar surface area (TPSA) is 41.1 Å². The van der Waals surface area contributed by atoms with E-state index in [1.54, 1.807) is 0 Å². The number of hydrazine groups is 1. The van der Waals surface area contributed by atoms with Gasteiger partial charge >= 0.3 is 0 Å². The first-order valence-electron chi connectivity index (χ1n) is 7.06. The van der Waals surface area contributed by atoms with Crippen LogP contribution in [0.1, 0.15) is 42.5 Å². The van der Waals surface area contributed by atoms with Crippen LogP contribution in [-0.4, -0.2) is 20.2 Å². The zero-order valence-electron chi connectivity index (χ0n) is 11.6. The average Bonchev–Trinajstić information content (AvgIpc) is 2.61. The van der Waals surface area contributed by atoms with Crippen LogP contribution in [0.4, 0.5) is 5.69 Å². The second kappa shape index (κ2) is 7.62. The Kier molecular flexibility index (Phi) is 6.11. The third kappa shape index (κ3) is 4.33. The van der Waals surface area contributed by atoms with Gasteiger partial charge < -0.3 is 5.43 Å². The highest BCUT2D eigenvalue weighted by Gasteiger charge is 2.16. The van der Waals surface area contributed by atoms with Crippen LogP contribution < -0.4 is 10.9 Å². The first-order valence-corrected chi connectivity index (χ1v) is 8.64. The molecule has 0 aromatic heterocycles. The standard InChI is InChI=1S/C14H19BBr2N2O/c15-10-2-1-3-12(5-4-10)18-19-14-9(8-20)6-11(16)7-13(14)17/h6-8,10,12,18-19H,1-5,15H2/t10?,12-/m0/s1. The Bertz CT molecular complexity index is 484. The van der Waals surface area contributed by atoms with Crippen molar-refractivity contribution in [2.75, 3.05) is 5.43 Å². The summed E-state index contributed by atoms with van der Waals surface area (Å²) in [6.07, 6.45) is 7.08. The number of aldehydes is 1. The molecule has 1 unspecified atom stereocenters. The summed E-state index contributed by atoms with van der Waals surface area (Å²) in [6, 6.07) is 4.22. The highest BCUT2D eigenvalue weighted by atomic mass is 79.9. The third-order valence-corrected chi connectivity index (χ3v) is 4.95. The molecule has 0 radical (unpaired) electrons. The van der Waals surface area contributed by atoms with Crippen molar-refractivity contribution in [1.82, 2.24) is 5.43 Å². The fourth-order valence-electron chi connectivity index (χ4n) is 2.62. The average molecular weight is 402 g/mol. The number of hydrogen-bond donors (Lipinski definition) is 2. The molecule has 1 aliphatic carbocycles. The Morgan fingerprint density at radius 1 is 1.20 bits per heavy atom. The monoisotopic (exact) mass is 400 g/mol. The number of carbonyl (C=O) groups excluding carboxylic acids is 1. The molecule has 0 spiro atoms. The van der Waals surface area contributed by atoms with Gasteiger partial charge in [-0.15, -0.1) is 0 Å². The maximum atomic E-state index is 11.2. The van der Waals surface area contributed by atoms with Gasteiger partial charge in [-0.25, -0.2) is 5.43 Å². The van der Waals surface area contributed by atoms with Gasteiger partial charge in [0.1, 0.15) is 7.85 Å². The zero-order chi connectivity index (χ0) is 14.5. The second-order valence-electron chi connectivity index (χ2n) is 5.55. The minimum atomic E-state index is 0.468. The summed E-state index contributed by atoms with van der Waals surface area (Å²) in [4.78, 5) is 11.2. The van der Waals surface area contributed by atoms with Crippen LogP contribution in [0.25, 0.3) is 0 Å². The van der Waals surface area contributed by atoms with Gasteiger partial charge in [0.25, 0.3) is 0 Å². The molecular formula is C14H19BBr2N2O. The molecule has 0 aliphatic heterocycles. The largest absolute Gasteiger partial charge is 0.319 e. The van der Waals surface area contributed by atoms with E-state index in [2.05, 4.69) is 50.6 Å². The molecule has 1 aromatic carbocycles. The number of anilines is 1. The molecule has 1 fully saturated rings. The molecule has 0 amide bonds. The number of carbonyl (C=O) groups is 1. The SMILES string of the molecule is BC1CCC[C@H](NNc2c(Br)cc(Br)cc2C=O)CC1. The molecule has 1 aliphatic rings. The lowest BCUT2D eigenvalue weighted by atomic mass is 9.81. The lowest BCUT2D eigenvalue weighted by Crippen LogP contribution is -2.34. The van der Waals surface area contributed by atoms with E-state index in [1.807, 2.05) is 12.1 Å². The predicted molar refractivity (Wildman–Crippen MR) is 93.2 cm³/mol. The van der Waals surface area contributed by atoms with Crippen LogP contribution in [-0.2, 0) is 0 Å². The summed E-state index contributed by atoms with van der Waals surface area (Å²) < 4.78 is 1.77. The number of benzene rings is 1. The van der Waals surface area contributed by atoms with Gasteiger partial charge in [-0.3, -0.25) is 4.79 Å². The minimum Gasteiger partial charge on any atom is -0.319 e. The van der Waals surface area contributed by atoms with Gasteiger partial charge in [0.15, 0.2) is 6.29 Å². The molecule has 2 atom stereocenters. The van der Waals surface area contributed by atoms with Gasteiger partial charge in [-0.2, -0.15) is 0 Å². The molecule has 0 bridgehead atoms. The van der Waals surface area contributed by atoms with E-state index in [4.69, 9.17) is 0 Å². The van der Waals surface area contributed by atoms with E-state index >= 15 is 0 Å². The number of nitrogens with one attached hydrogen (secondary N) is 2. The number of hydrogen-bond acceptors (Lipinski definition) is 3. The maximum absolute atomic E-state index is 11.2. The van der Waals surface area contributed by atoms with Crippen molar-refractivity contribution in [1.29, 1.82) is 0 Å². The Morgan fingerprint density at radius 2 is 2.00 bits per heavy atom. The first kappa shape index (κ1) is 16.1. The molecular weight excluding hydrogens is 383 g/mol. The Balaban J connectivity index is 2.01. The molecule has 20 heavy (non-hydrogen) atoms. The summed E-state index contributed by atoms with van der Waals surface area (Å²) in [6.45, 7) is 0. The van der Waals surface area contributed by atoms with Crippen LogP contribution in [0.15, 0.2) is 21.1 Å². The highest BCUT2D eigenvalue weighted by molar-refractivity contribution is 9.11. The molecule has 108 valence electrons. The molecule has 1 saturated carbocycles. The smallest absolute Gasteiger partial charge is 0.152 e. The zero-order valence-corrected chi connectivity index (χ0v) is 14.8. The summed E-state index contributed by atoms with van der Waals surface area (Å²) in [5.74, 6) is 0.826. The lowest BCUT2D eigenvalue weighted by molar-refractivity contribution is 0.112. The van der Waals surface area contributed by atoms with Crippen LogP contribution in [0.2, 0.25) is 5.82 Å². The van der Waals surface area contributed by atoms with Crippen molar-refractivity contribution < 1.29 is 4.79 Å². The van der Waals surface area contributed by atoms with E-state index < -0.39 is 0 Å². The fourth-order valence-corrected chi connectivity index (χ4v) is 3.98. The summed E-state index contributed by atoms with van der Waals surface area (Å²) in [5, 5.41) is 0. The van der Waals surface area contributed by atoms with Crippen LogP contribution in [0.5, 0.6) is 0 Å². The summed E-state index contributed by atoms with van der Waals surface area (Å²) in [7, 11) is 2.33. The van der Waals surface area contributed by atoms with E-state index in [-0.39, 0.29) is 0 Å². The van der Waals surface area contributed by atoms with E-state index in [0.717, 1.165) is 26.7 Å². The van der Waals surface area contributed by atoms with E-state index in [1.165, 1.54) is 32.1 Å². The van der Waals surface area contributed by atoms with E-state index in [9.17, 15) is 4.79 Å². The van der Waals surface area contributed by atoms with Crippen molar-refractivity contribution in [3.8, 4) is 0 Å². The van der Waals surface area contributed by atoms with Gasteiger partial charge in [0.2, 0.25) is 0 Å². The van der Waals surface area contributed by atoms with Crippen LogP contribution in [0, 0.1) is 0 Å². The third-order valence-electron chi connectivity index (χ3n) is 3.87. The van der Waals surface area contributed by atoms with Crippen LogP contribution in [0.3, 0.4) is 0 Å². The summed E-state index contributed by atoms with van der Waals surface area (Å²) >= 11 is 6.89. The molecule has 2 N–H and O–H groups in total.